The van der Waals surface area contributed by atoms with E-state index in [-0.39, 0.29) is 12.4 Å². The van der Waals surface area contributed by atoms with Crippen LogP contribution in [-0.2, 0) is 6.54 Å². The standard InChI is InChI=1S/C24H31N5.ClH/c1-19-16-26-10-11-29(19)23-8-9-24(22(14-23)15-25)28-13-12-27(20(2)17-28)18-21-6-4-3-5-7-21;/h3-9,14,19-20,26H,10-13,16-18H2,1-2H3;1H/t19-,20+;/m1./s1. The van der Waals surface area contributed by atoms with E-state index in [0.29, 0.717) is 12.1 Å². The second kappa shape index (κ2) is 10.2. The third kappa shape index (κ3) is 4.89. The van der Waals surface area contributed by atoms with Crippen molar-refractivity contribution < 1.29 is 0 Å². The third-order valence-corrected chi connectivity index (χ3v) is 6.27. The number of rotatable bonds is 4. The van der Waals surface area contributed by atoms with Gasteiger partial charge in [0.05, 0.1) is 11.3 Å². The molecule has 0 spiro atoms. The first-order valence-corrected chi connectivity index (χ1v) is 10.7. The molecule has 2 heterocycles. The Kier molecular flexibility index (Phi) is 7.60. The molecule has 2 saturated heterocycles. The van der Waals surface area contributed by atoms with E-state index in [1.54, 1.807) is 0 Å². The Morgan fingerprint density at radius 1 is 1.03 bits per heavy atom. The first-order valence-electron chi connectivity index (χ1n) is 10.7. The van der Waals surface area contributed by atoms with Crippen LogP contribution in [-0.4, -0.2) is 56.3 Å². The van der Waals surface area contributed by atoms with E-state index in [4.69, 9.17) is 0 Å². The zero-order valence-corrected chi connectivity index (χ0v) is 18.7. The van der Waals surface area contributed by atoms with Crippen LogP contribution >= 0.6 is 12.4 Å². The van der Waals surface area contributed by atoms with Crippen LogP contribution in [0.15, 0.2) is 48.5 Å². The van der Waals surface area contributed by atoms with E-state index < -0.39 is 0 Å². The third-order valence-electron chi connectivity index (χ3n) is 6.27. The van der Waals surface area contributed by atoms with Gasteiger partial charge in [-0.15, -0.1) is 12.4 Å². The summed E-state index contributed by atoms with van der Waals surface area (Å²) >= 11 is 0. The molecule has 2 aromatic rings. The van der Waals surface area contributed by atoms with Gasteiger partial charge in [-0.2, -0.15) is 5.26 Å². The molecule has 5 nitrogen and oxygen atoms in total. The number of nitrogens with one attached hydrogen (secondary N) is 1. The summed E-state index contributed by atoms with van der Waals surface area (Å²) in [7, 11) is 0. The van der Waals surface area contributed by atoms with Crippen LogP contribution in [0, 0.1) is 11.3 Å². The van der Waals surface area contributed by atoms with Crippen LogP contribution in [0.2, 0.25) is 0 Å². The molecule has 2 aliphatic heterocycles. The van der Waals surface area contributed by atoms with Gasteiger partial charge in [0.15, 0.2) is 0 Å². The van der Waals surface area contributed by atoms with Crippen LogP contribution < -0.4 is 15.1 Å². The summed E-state index contributed by atoms with van der Waals surface area (Å²) in [6, 6.07) is 20.5. The van der Waals surface area contributed by atoms with Crippen molar-refractivity contribution in [1.82, 2.24) is 10.2 Å². The van der Waals surface area contributed by atoms with Crippen molar-refractivity contribution >= 4 is 23.8 Å². The first kappa shape index (κ1) is 22.4. The van der Waals surface area contributed by atoms with Gasteiger partial charge in [-0.1, -0.05) is 30.3 Å². The molecule has 0 amide bonds. The number of hydrogen-bond donors (Lipinski definition) is 1. The van der Waals surface area contributed by atoms with E-state index in [1.807, 2.05) is 0 Å². The zero-order chi connectivity index (χ0) is 20.2. The lowest BCUT2D eigenvalue weighted by atomic mass is 10.1. The highest BCUT2D eigenvalue weighted by atomic mass is 35.5. The van der Waals surface area contributed by atoms with Crippen molar-refractivity contribution in [3.8, 4) is 6.07 Å². The smallest absolute Gasteiger partial charge is 0.101 e. The van der Waals surface area contributed by atoms with Gasteiger partial charge in [0, 0.05) is 63.6 Å². The van der Waals surface area contributed by atoms with Gasteiger partial charge in [-0.05, 0) is 37.6 Å². The lowest BCUT2D eigenvalue weighted by Crippen LogP contribution is -2.51. The Morgan fingerprint density at radius 2 is 1.83 bits per heavy atom. The Morgan fingerprint density at radius 3 is 2.53 bits per heavy atom. The molecular formula is C24H32ClN5. The van der Waals surface area contributed by atoms with E-state index in [9.17, 15) is 5.26 Å². The Hall–Kier alpha value is -2.26. The van der Waals surface area contributed by atoms with Crippen molar-refractivity contribution in [2.45, 2.75) is 32.5 Å². The molecule has 0 radical (unpaired) electrons. The second-order valence-electron chi connectivity index (χ2n) is 8.31. The highest BCUT2D eigenvalue weighted by molar-refractivity contribution is 5.85. The van der Waals surface area contributed by atoms with Crippen LogP contribution in [0.5, 0.6) is 0 Å². The number of halogens is 1. The van der Waals surface area contributed by atoms with Crippen molar-refractivity contribution in [2.24, 2.45) is 0 Å². The minimum Gasteiger partial charge on any atom is -0.368 e. The van der Waals surface area contributed by atoms with Gasteiger partial charge in [0.2, 0.25) is 0 Å². The van der Waals surface area contributed by atoms with Gasteiger partial charge in [0.1, 0.15) is 6.07 Å². The average molecular weight is 426 g/mol. The van der Waals surface area contributed by atoms with Crippen molar-refractivity contribution in [2.75, 3.05) is 49.1 Å². The minimum absolute atomic E-state index is 0. The van der Waals surface area contributed by atoms with Crippen LogP contribution in [0.25, 0.3) is 0 Å². The van der Waals surface area contributed by atoms with Gasteiger partial charge >= 0.3 is 0 Å². The number of nitriles is 1. The van der Waals surface area contributed by atoms with E-state index in [1.165, 1.54) is 5.56 Å². The maximum absolute atomic E-state index is 9.83. The molecule has 0 aliphatic carbocycles. The largest absolute Gasteiger partial charge is 0.368 e. The lowest BCUT2D eigenvalue weighted by molar-refractivity contribution is 0.181. The lowest BCUT2D eigenvalue weighted by Gasteiger charge is -2.41. The highest BCUT2D eigenvalue weighted by Crippen LogP contribution is 2.29. The average Bonchev–Trinajstić information content (AvgIpc) is 2.76. The number of hydrogen-bond acceptors (Lipinski definition) is 5. The maximum Gasteiger partial charge on any atom is 0.101 e. The molecule has 160 valence electrons. The first-order chi connectivity index (χ1) is 14.2. The summed E-state index contributed by atoms with van der Waals surface area (Å²) < 4.78 is 0. The summed E-state index contributed by atoms with van der Waals surface area (Å²) in [5.41, 5.74) is 4.39. The topological polar surface area (TPSA) is 45.5 Å². The van der Waals surface area contributed by atoms with E-state index in [0.717, 1.165) is 62.8 Å². The quantitative estimate of drug-likeness (QED) is 0.812. The Balaban J connectivity index is 0.00000256. The molecule has 0 bridgehead atoms. The summed E-state index contributed by atoms with van der Waals surface area (Å²) in [6.45, 7) is 11.4. The Bertz CT molecular complexity index is 866. The predicted molar refractivity (Wildman–Crippen MR) is 127 cm³/mol. The SMILES string of the molecule is C[C@@H]1CNCCN1c1ccc(N2CCN(Cc3ccccc3)[C@@H](C)C2)c(C#N)c1.Cl. The number of piperazine rings is 2. The molecule has 2 atom stereocenters. The predicted octanol–water partition coefficient (Wildman–Crippen LogP) is 3.49. The van der Waals surface area contributed by atoms with Crippen molar-refractivity contribution in [3.05, 3.63) is 59.7 Å². The fourth-order valence-electron chi connectivity index (χ4n) is 4.56. The van der Waals surface area contributed by atoms with Crippen LogP contribution in [0.3, 0.4) is 0 Å². The second-order valence-corrected chi connectivity index (χ2v) is 8.31. The molecule has 0 aromatic heterocycles. The van der Waals surface area contributed by atoms with Crippen LogP contribution in [0.4, 0.5) is 11.4 Å². The zero-order valence-electron chi connectivity index (χ0n) is 17.9. The van der Waals surface area contributed by atoms with Crippen molar-refractivity contribution in [1.29, 1.82) is 5.26 Å². The maximum atomic E-state index is 9.83. The number of nitrogens with zero attached hydrogens (tertiary/aromatic N) is 4. The van der Waals surface area contributed by atoms with Crippen molar-refractivity contribution in [3.63, 3.8) is 0 Å². The normalized spacial score (nSPS) is 22.3. The van der Waals surface area contributed by atoms with Gasteiger partial charge in [-0.25, -0.2) is 0 Å². The van der Waals surface area contributed by atoms with E-state index >= 15 is 0 Å². The molecule has 2 aliphatic rings. The molecular weight excluding hydrogens is 394 g/mol. The van der Waals surface area contributed by atoms with Gasteiger partial charge < -0.3 is 15.1 Å². The molecule has 2 aromatic carbocycles. The molecule has 1 N–H and O–H groups in total. The molecule has 0 saturated carbocycles. The molecule has 2 fully saturated rings. The van der Waals surface area contributed by atoms with Crippen LogP contribution in [0.1, 0.15) is 25.0 Å². The van der Waals surface area contributed by atoms with Gasteiger partial charge in [-0.3, -0.25) is 4.90 Å². The highest BCUT2D eigenvalue weighted by Gasteiger charge is 2.26. The van der Waals surface area contributed by atoms with Gasteiger partial charge in [0.25, 0.3) is 0 Å². The fourth-order valence-corrected chi connectivity index (χ4v) is 4.56. The number of benzene rings is 2. The molecule has 6 heteroatoms. The summed E-state index contributed by atoms with van der Waals surface area (Å²) in [5.74, 6) is 0. The fraction of sp³-hybridized carbons (Fsp3) is 0.458. The summed E-state index contributed by atoms with van der Waals surface area (Å²) in [5, 5.41) is 13.3. The van der Waals surface area contributed by atoms with E-state index in [2.05, 4.69) is 88.5 Å². The summed E-state index contributed by atoms with van der Waals surface area (Å²) in [4.78, 5) is 7.33. The monoisotopic (exact) mass is 425 g/mol. The Labute approximate surface area is 186 Å². The molecule has 30 heavy (non-hydrogen) atoms. The molecule has 4 rings (SSSR count). The molecule has 0 unspecified atom stereocenters. The minimum atomic E-state index is 0. The summed E-state index contributed by atoms with van der Waals surface area (Å²) in [6.07, 6.45) is 0. The number of anilines is 2.